The van der Waals surface area contributed by atoms with Gasteiger partial charge in [-0.25, -0.2) is 12.2 Å². The van der Waals surface area contributed by atoms with Crippen LogP contribution in [0.5, 0.6) is 0 Å². The monoisotopic (exact) mass is 321 g/mol. The molecule has 1 unspecified atom stereocenters. The molecule has 0 N–H and O–H groups in total. The summed E-state index contributed by atoms with van der Waals surface area (Å²) in [6.07, 6.45) is 11.1. The largest absolute Gasteiger partial charge is 1.00 e. The van der Waals surface area contributed by atoms with Crippen molar-refractivity contribution in [2.24, 2.45) is 0 Å². The fourth-order valence-electron chi connectivity index (χ4n) is 0.954. The van der Waals surface area contributed by atoms with Crippen LogP contribution in [-0.4, -0.2) is 4.82 Å². The third kappa shape index (κ3) is 14.2. The average Bonchev–Trinajstić information content (AvgIpc) is 2.92. The Hall–Kier alpha value is 0.294. The zero-order valence-electron chi connectivity index (χ0n) is 9.57. The number of hydrogen-bond acceptors (Lipinski definition) is 0. The first-order chi connectivity index (χ1) is 7.43. The first kappa shape index (κ1) is 22.5. The molecule has 0 saturated heterocycles. The van der Waals surface area contributed by atoms with Gasteiger partial charge < -0.3 is 24.8 Å². The summed E-state index contributed by atoms with van der Waals surface area (Å²) in [6, 6.07) is 10.4. The molecule has 0 spiro atoms. The standard InChI is InChI=1S/C7H9P.C5H5.CH2.2ClH.Ti/c8-6-7-4-2-1-3-5-7;1-2-4-5-3-1;;;;/h1-5H,6,8H2;1-3H,4H2;1H2;2*1H;/q;-1;;;;+2/p-2. The Balaban J connectivity index is -0.000000192. The van der Waals surface area contributed by atoms with E-state index in [2.05, 4.69) is 50.5 Å². The Labute approximate surface area is 131 Å². The number of halogens is 2. The van der Waals surface area contributed by atoms with Crippen molar-refractivity contribution in [2.75, 3.05) is 0 Å². The Morgan fingerprint density at radius 2 is 1.76 bits per heavy atom. The SMILES string of the molecule is PCc1ccccc1.[C-]1=CC=CC1.[CH2]=[Ti+2].[Cl-].[Cl-]. The third-order valence-corrected chi connectivity index (χ3v) is 2.14. The van der Waals surface area contributed by atoms with E-state index in [0.717, 1.165) is 12.6 Å². The van der Waals surface area contributed by atoms with Gasteiger partial charge >= 0.3 is 24.8 Å². The van der Waals surface area contributed by atoms with E-state index < -0.39 is 0 Å². The summed E-state index contributed by atoms with van der Waals surface area (Å²) in [4.78, 5) is 3.25. The van der Waals surface area contributed by atoms with Crippen molar-refractivity contribution in [3.8, 4) is 0 Å². The van der Waals surface area contributed by atoms with Crippen molar-refractivity contribution >= 4 is 14.1 Å². The van der Waals surface area contributed by atoms with Crippen molar-refractivity contribution in [2.45, 2.75) is 12.6 Å². The molecule has 0 radical (unpaired) electrons. The van der Waals surface area contributed by atoms with Crippen LogP contribution in [0.3, 0.4) is 0 Å². The Morgan fingerprint density at radius 3 is 2.00 bits per heavy atom. The van der Waals surface area contributed by atoms with Gasteiger partial charge in [0.1, 0.15) is 0 Å². The molecule has 0 nitrogen and oxygen atoms in total. The molecular formula is C13H16Cl2PTi-. The molecule has 0 bridgehead atoms. The first-order valence-corrected chi connectivity index (χ1v) is 6.66. The van der Waals surface area contributed by atoms with Crippen molar-refractivity contribution in [1.82, 2.24) is 0 Å². The summed E-state index contributed by atoms with van der Waals surface area (Å²) in [5.41, 5.74) is 1.37. The van der Waals surface area contributed by atoms with E-state index in [1.807, 2.05) is 18.2 Å². The van der Waals surface area contributed by atoms with Crippen molar-refractivity contribution < 1.29 is 44.8 Å². The predicted molar refractivity (Wildman–Crippen MR) is 68.5 cm³/mol. The fraction of sp³-hybridized carbons (Fsp3) is 0.154. The normalized spacial score (nSPS) is 9.82. The van der Waals surface area contributed by atoms with E-state index in [1.165, 1.54) is 5.56 Å². The van der Waals surface area contributed by atoms with Crippen LogP contribution >= 0.6 is 9.24 Å². The van der Waals surface area contributed by atoms with Gasteiger partial charge in [0.05, 0.1) is 0 Å². The van der Waals surface area contributed by atoms with Crippen LogP contribution in [0, 0.1) is 6.08 Å². The summed E-state index contributed by atoms with van der Waals surface area (Å²) < 4.78 is 0. The topological polar surface area (TPSA) is 0 Å². The van der Waals surface area contributed by atoms with Gasteiger partial charge in [0.15, 0.2) is 0 Å². The van der Waals surface area contributed by atoms with Gasteiger partial charge in [-0.15, -0.1) is 15.7 Å². The van der Waals surface area contributed by atoms with Crippen LogP contribution in [0.4, 0.5) is 0 Å². The van der Waals surface area contributed by atoms with Crippen LogP contribution in [0.1, 0.15) is 12.0 Å². The molecule has 1 aliphatic carbocycles. The molecular weight excluding hydrogens is 306 g/mol. The molecule has 1 aromatic rings. The third-order valence-electron chi connectivity index (χ3n) is 1.66. The van der Waals surface area contributed by atoms with E-state index >= 15 is 0 Å². The molecule has 2 rings (SSSR count). The summed E-state index contributed by atoms with van der Waals surface area (Å²) in [5, 5.41) is 0. The molecule has 0 saturated carbocycles. The second-order valence-corrected chi connectivity index (χ2v) is 3.10. The van der Waals surface area contributed by atoms with Crippen LogP contribution in [0.15, 0.2) is 48.6 Å². The minimum absolute atomic E-state index is 0. The van der Waals surface area contributed by atoms with Crippen LogP contribution in [-0.2, 0) is 26.1 Å². The Bertz CT molecular complexity index is 290. The van der Waals surface area contributed by atoms with Gasteiger partial charge in [0.25, 0.3) is 0 Å². The summed E-state index contributed by atoms with van der Waals surface area (Å²) in [6.45, 7) is 0. The average molecular weight is 322 g/mol. The Morgan fingerprint density at radius 1 is 1.18 bits per heavy atom. The van der Waals surface area contributed by atoms with Crippen LogP contribution < -0.4 is 24.8 Å². The van der Waals surface area contributed by atoms with E-state index in [0.29, 0.717) is 0 Å². The van der Waals surface area contributed by atoms with Crippen molar-refractivity contribution in [1.29, 1.82) is 0 Å². The van der Waals surface area contributed by atoms with Crippen LogP contribution in [0.25, 0.3) is 0 Å². The predicted octanol–water partition coefficient (Wildman–Crippen LogP) is -2.66. The number of allylic oxidation sites excluding steroid dienone is 4. The van der Waals surface area contributed by atoms with E-state index in [-0.39, 0.29) is 24.8 Å². The molecule has 17 heavy (non-hydrogen) atoms. The van der Waals surface area contributed by atoms with Gasteiger partial charge in [0.2, 0.25) is 0 Å². The van der Waals surface area contributed by atoms with E-state index in [1.54, 1.807) is 20.0 Å². The minimum Gasteiger partial charge on any atom is -1.00 e. The molecule has 1 atom stereocenters. The first-order valence-electron chi connectivity index (χ1n) is 4.74. The summed E-state index contributed by atoms with van der Waals surface area (Å²) >= 11 is 1.75. The number of benzene rings is 1. The summed E-state index contributed by atoms with van der Waals surface area (Å²) in [7, 11) is 2.69. The maximum atomic E-state index is 3.25. The maximum Gasteiger partial charge on any atom is -1.00 e. The van der Waals surface area contributed by atoms with Crippen molar-refractivity contribution in [3.05, 3.63) is 60.2 Å². The van der Waals surface area contributed by atoms with Crippen molar-refractivity contribution in [3.63, 3.8) is 0 Å². The fourth-order valence-corrected chi connectivity index (χ4v) is 1.23. The van der Waals surface area contributed by atoms with Crippen LogP contribution in [0.2, 0.25) is 0 Å². The van der Waals surface area contributed by atoms with E-state index in [9.17, 15) is 0 Å². The molecule has 0 fully saturated rings. The smallest absolute Gasteiger partial charge is 1.00 e. The molecule has 0 heterocycles. The Kier molecular flexibility index (Phi) is 24.7. The number of hydrogen-bond donors (Lipinski definition) is 0. The van der Waals surface area contributed by atoms with Gasteiger partial charge in [-0.3, -0.25) is 6.08 Å². The molecule has 1 aromatic carbocycles. The molecule has 0 amide bonds. The quantitative estimate of drug-likeness (QED) is 0.301. The zero-order valence-corrected chi connectivity index (χ0v) is 13.8. The summed E-state index contributed by atoms with van der Waals surface area (Å²) in [5.74, 6) is 0. The van der Waals surface area contributed by atoms with Gasteiger partial charge in [-0.05, 0) is 11.7 Å². The molecule has 4 heteroatoms. The molecule has 92 valence electrons. The molecule has 0 aromatic heterocycles. The second-order valence-electron chi connectivity index (χ2n) is 2.69. The van der Waals surface area contributed by atoms with Gasteiger partial charge in [-0.2, -0.15) is 6.08 Å². The molecule has 1 aliphatic rings. The zero-order chi connectivity index (χ0) is 11.4. The second kappa shape index (κ2) is 18.7. The van der Waals surface area contributed by atoms with Gasteiger partial charge in [-0.1, -0.05) is 30.3 Å². The van der Waals surface area contributed by atoms with Gasteiger partial charge in [0, 0.05) is 0 Å². The molecule has 0 aliphatic heterocycles. The minimum atomic E-state index is 0. The number of rotatable bonds is 1. The maximum absolute atomic E-state index is 3.25. The van der Waals surface area contributed by atoms with E-state index in [4.69, 9.17) is 0 Å².